The fourth-order valence-electron chi connectivity index (χ4n) is 2.47. The zero-order valence-corrected chi connectivity index (χ0v) is 14.9. The van der Waals surface area contributed by atoms with Gasteiger partial charge in [0.2, 0.25) is 17.7 Å². The van der Waals surface area contributed by atoms with Crippen molar-refractivity contribution < 1.29 is 18.8 Å². The molecule has 0 fully saturated rings. The van der Waals surface area contributed by atoms with E-state index in [0.717, 1.165) is 5.56 Å². The molecule has 0 bridgehead atoms. The predicted molar refractivity (Wildman–Crippen MR) is 95.8 cm³/mol. The van der Waals surface area contributed by atoms with Crippen LogP contribution in [-0.2, 0) is 20.9 Å². The van der Waals surface area contributed by atoms with Crippen LogP contribution in [0.4, 0.5) is 0 Å². The summed E-state index contributed by atoms with van der Waals surface area (Å²) in [6.07, 6.45) is 1.61. The Labute approximate surface area is 152 Å². The summed E-state index contributed by atoms with van der Waals surface area (Å²) in [4.78, 5) is 37.2. The van der Waals surface area contributed by atoms with Crippen LogP contribution in [0.25, 0.3) is 0 Å². The van der Waals surface area contributed by atoms with Gasteiger partial charge in [0, 0.05) is 14.0 Å². The standard InChI is InChI=1S/C19H23N3O4/c1-14(23)21-17(15-7-4-3-5-8-15)11-19(25)22(2)13-18(24)20-12-16-9-6-10-26-16/h3-10,17H,11-13H2,1-2H3,(H,20,24)(H,21,23). The molecule has 1 heterocycles. The predicted octanol–water partition coefficient (Wildman–Crippen LogP) is 1.62. The number of rotatable bonds is 8. The first-order valence-electron chi connectivity index (χ1n) is 8.31. The van der Waals surface area contributed by atoms with E-state index < -0.39 is 6.04 Å². The smallest absolute Gasteiger partial charge is 0.239 e. The normalized spacial score (nSPS) is 11.5. The van der Waals surface area contributed by atoms with Gasteiger partial charge in [0.25, 0.3) is 0 Å². The maximum Gasteiger partial charge on any atom is 0.239 e. The third kappa shape index (κ3) is 6.08. The molecule has 0 aliphatic carbocycles. The van der Waals surface area contributed by atoms with Crippen LogP contribution in [0.2, 0.25) is 0 Å². The lowest BCUT2D eigenvalue weighted by Crippen LogP contribution is -2.40. The lowest BCUT2D eigenvalue weighted by molar-refractivity contribution is -0.135. The molecule has 1 atom stereocenters. The van der Waals surface area contributed by atoms with Gasteiger partial charge < -0.3 is 20.0 Å². The van der Waals surface area contributed by atoms with E-state index in [2.05, 4.69) is 10.6 Å². The summed E-state index contributed by atoms with van der Waals surface area (Å²) in [6.45, 7) is 1.61. The van der Waals surface area contributed by atoms with Gasteiger partial charge in [-0.05, 0) is 17.7 Å². The first-order valence-corrected chi connectivity index (χ1v) is 8.31. The number of furan rings is 1. The summed E-state index contributed by atoms with van der Waals surface area (Å²) in [5.41, 5.74) is 0.840. The zero-order valence-electron chi connectivity index (χ0n) is 14.9. The van der Waals surface area contributed by atoms with Crippen LogP contribution in [0.5, 0.6) is 0 Å². The Balaban J connectivity index is 1.88. The van der Waals surface area contributed by atoms with Gasteiger partial charge >= 0.3 is 0 Å². The van der Waals surface area contributed by atoms with Gasteiger partial charge in [-0.1, -0.05) is 30.3 Å². The molecule has 1 unspecified atom stereocenters. The number of carbonyl (C=O) groups excluding carboxylic acids is 3. The van der Waals surface area contributed by atoms with Gasteiger partial charge in [-0.2, -0.15) is 0 Å². The Hall–Kier alpha value is -3.09. The molecular formula is C19H23N3O4. The molecule has 138 valence electrons. The number of carbonyl (C=O) groups is 3. The van der Waals surface area contributed by atoms with Crippen molar-refractivity contribution in [3.63, 3.8) is 0 Å². The minimum absolute atomic E-state index is 0.0683. The molecule has 26 heavy (non-hydrogen) atoms. The molecule has 0 aliphatic heterocycles. The molecular weight excluding hydrogens is 334 g/mol. The number of amides is 3. The van der Waals surface area contributed by atoms with Gasteiger partial charge in [0.05, 0.1) is 31.8 Å². The van der Waals surface area contributed by atoms with Gasteiger partial charge in [0.1, 0.15) is 5.76 Å². The van der Waals surface area contributed by atoms with Crippen molar-refractivity contribution in [3.8, 4) is 0 Å². The molecule has 2 aromatic rings. The van der Waals surface area contributed by atoms with Gasteiger partial charge in [-0.25, -0.2) is 0 Å². The van der Waals surface area contributed by atoms with Crippen LogP contribution in [0.3, 0.4) is 0 Å². The second-order valence-electron chi connectivity index (χ2n) is 5.97. The Kier molecular flexibility index (Phi) is 6.96. The highest BCUT2D eigenvalue weighted by Crippen LogP contribution is 2.17. The van der Waals surface area contributed by atoms with E-state index in [1.807, 2.05) is 30.3 Å². The molecule has 0 saturated carbocycles. The number of likely N-dealkylation sites (N-methyl/N-ethyl adjacent to an activating group) is 1. The van der Waals surface area contributed by atoms with E-state index in [9.17, 15) is 14.4 Å². The van der Waals surface area contributed by atoms with E-state index in [4.69, 9.17) is 4.42 Å². The summed E-state index contributed by atoms with van der Waals surface area (Å²) in [5.74, 6) is -0.0959. The summed E-state index contributed by atoms with van der Waals surface area (Å²) >= 11 is 0. The van der Waals surface area contributed by atoms with Crippen molar-refractivity contribution in [3.05, 3.63) is 60.1 Å². The van der Waals surface area contributed by atoms with E-state index in [0.29, 0.717) is 5.76 Å². The SMILES string of the molecule is CC(=O)NC(CC(=O)N(C)CC(=O)NCc1ccco1)c1ccccc1. The molecule has 1 aromatic carbocycles. The molecule has 0 spiro atoms. The summed E-state index contributed by atoms with van der Waals surface area (Å²) in [6, 6.07) is 12.3. The van der Waals surface area contributed by atoms with Crippen molar-refractivity contribution in [1.82, 2.24) is 15.5 Å². The van der Waals surface area contributed by atoms with Gasteiger partial charge in [-0.15, -0.1) is 0 Å². The maximum absolute atomic E-state index is 12.5. The molecule has 0 aliphatic rings. The van der Waals surface area contributed by atoms with E-state index in [-0.39, 0.29) is 37.2 Å². The van der Waals surface area contributed by atoms with E-state index in [1.165, 1.54) is 18.1 Å². The van der Waals surface area contributed by atoms with Crippen LogP contribution in [0.1, 0.15) is 30.7 Å². The Morgan fingerprint density at radius 2 is 1.85 bits per heavy atom. The lowest BCUT2D eigenvalue weighted by atomic mass is 10.0. The first-order chi connectivity index (χ1) is 12.5. The van der Waals surface area contributed by atoms with Crippen molar-refractivity contribution >= 4 is 17.7 Å². The molecule has 0 radical (unpaired) electrons. The van der Waals surface area contributed by atoms with Crippen molar-refractivity contribution in [2.45, 2.75) is 25.9 Å². The average Bonchev–Trinajstić information content (AvgIpc) is 3.13. The highest BCUT2D eigenvalue weighted by Gasteiger charge is 2.20. The fraction of sp³-hybridized carbons (Fsp3) is 0.316. The van der Waals surface area contributed by atoms with Crippen LogP contribution < -0.4 is 10.6 Å². The molecule has 7 heteroatoms. The van der Waals surface area contributed by atoms with Crippen LogP contribution in [0.15, 0.2) is 53.1 Å². The van der Waals surface area contributed by atoms with Crippen molar-refractivity contribution in [1.29, 1.82) is 0 Å². The largest absolute Gasteiger partial charge is 0.467 e. The minimum atomic E-state index is -0.435. The molecule has 3 amide bonds. The number of nitrogens with one attached hydrogen (secondary N) is 2. The second kappa shape index (κ2) is 9.41. The zero-order chi connectivity index (χ0) is 18.9. The Bertz CT molecular complexity index is 729. The summed E-state index contributed by atoms with van der Waals surface area (Å²) < 4.78 is 5.14. The summed E-state index contributed by atoms with van der Waals surface area (Å²) in [5, 5.41) is 5.47. The molecule has 1 aromatic heterocycles. The lowest BCUT2D eigenvalue weighted by Gasteiger charge is -2.22. The number of hydrogen-bond acceptors (Lipinski definition) is 4. The monoisotopic (exact) mass is 357 g/mol. The summed E-state index contributed by atoms with van der Waals surface area (Å²) in [7, 11) is 1.56. The van der Waals surface area contributed by atoms with Crippen molar-refractivity contribution in [2.24, 2.45) is 0 Å². The number of nitrogens with zero attached hydrogens (tertiary/aromatic N) is 1. The quantitative estimate of drug-likeness (QED) is 0.751. The third-order valence-electron chi connectivity index (χ3n) is 3.80. The van der Waals surface area contributed by atoms with Gasteiger partial charge in [-0.3, -0.25) is 14.4 Å². The number of hydrogen-bond donors (Lipinski definition) is 2. The Morgan fingerprint density at radius 1 is 1.12 bits per heavy atom. The molecule has 2 rings (SSSR count). The fourth-order valence-corrected chi connectivity index (χ4v) is 2.47. The van der Waals surface area contributed by atoms with E-state index >= 15 is 0 Å². The minimum Gasteiger partial charge on any atom is -0.467 e. The third-order valence-corrected chi connectivity index (χ3v) is 3.80. The molecule has 0 saturated heterocycles. The molecule has 7 nitrogen and oxygen atoms in total. The highest BCUT2D eigenvalue weighted by atomic mass is 16.3. The number of benzene rings is 1. The van der Waals surface area contributed by atoms with Crippen LogP contribution in [0, 0.1) is 0 Å². The maximum atomic E-state index is 12.5. The van der Waals surface area contributed by atoms with Crippen molar-refractivity contribution in [2.75, 3.05) is 13.6 Å². The first kappa shape index (κ1) is 19.2. The highest BCUT2D eigenvalue weighted by molar-refractivity contribution is 5.85. The average molecular weight is 357 g/mol. The van der Waals surface area contributed by atoms with Crippen LogP contribution in [-0.4, -0.2) is 36.2 Å². The van der Waals surface area contributed by atoms with E-state index in [1.54, 1.807) is 19.2 Å². The van der Waals surface area contributed by atoms with Crippen LogP contribution >= 0.6 is 0 Å². The Morgan fingerprint density at radius 3 is 2.46 bits per heavy atom. The topological polar surface area (TPSA) is 91.7 Å². The second-order valence-corrected chi connectivity index (χ2v) is 5.97. The van der Waals surface area contributed by atoms with Gasteiger partial charge in [0.15, 0.2) is 0 Å². The molecule has 2 N–H and O–H groups in total.